The lowest BCUT2D eigenvalue weighted by Crippen LogP contribution is -2.39. The van der Waals surface area contributed by atoms with E-state index in [0.29, 0.717) is 12.1 Å². The fourth-order valence-corrected chi connectivity index (χ4v) is 3.04. The van der Waals surface area contributed by atoms with Crippen LogP contribution >= 0.6 is 0 Å². The maximum Gasteiger partial charge on any atom is 0.225 e. The van der Waals surface area contributed by atoms with Crippen LogP contribution in [-0.4, -0.2) is 29.2 Å². The van der Waals surface area contributed by atoms with E-state index in [2.05, 4.69) is 5.16 Å². The van der Waals surface area contributed by atoms with Gasteiger partial charge in [0.1, 0.15) is 17.5 Å². The first-order chi connectivity index (χ1) is 13.3. The van der Waals surface area contributed by atoms with E-state index in [9.17, 15) is 18.0 Å². The molecule has 0 N–H and O–H groups in total. The Morgan fingerprint density at radius 2 is 1.82 bits per heavy atom. The van der Waals surface area contributed by atoms with Crippen LogP contribution in [0.2, 0.25) is 0 Å². The third kappa shape index (κ3) is 4.71. The topological polar surface area (TPSA) is 41.9 Å². The lowest BCUT2D eigenvalue weighted by atomic mass is 10.0. The van der Waals surface area contributed by atoms with Crippen LogP contribution in [0.1, 0.15) is 31.4 Å². The summed E-state index contributed by atoms with van der Waals surface area (Å²) in [6, 6.07) is 9.22. The van der Waals surface area contributed by atoms with Crippen LogP contribution in [-0.2, 0) is 16.2 Å². The van der Waals surface area contributed by atoms with Crippen LogP contribution < -0.4 is 0 Å². The van der Waals surface area contributed by atoms with E-state index < -0.39 is 17.7 Å². The van der Waals surface area contributed by atoms with Crippen LogP contribution in [0.25, 0.3) is 0 Å². The van der Waals surface area contributed by atoms with Crippen molar-refractivity contribution in [2.24, 2.45) is 11.1 Å². The van der Waals surface area contributed by atoms with Crippen LogP contribution in [0.4, 0.5) is 13.2 Å². The van der Waals surface area contributed by atoms with Gasteiger partial charge in [0.2, 0.25) is 5.91 Å². The fourth-order valence-electron chi connectivity index (χ4n) is 3.04. The molecule has 7 heteroatoms. The highest BCUT2D eigenvalue weighted by atomic mass is 19.1. The third-order valence-electron chi connectivity index (χ3n) is 4.52. The number of nitrogens with zero attached hydrogens (tertiary/aromatic N) is 2. The van der Waals surface area contributed by atoms with Gasteiger partial charge in [-0.15, -0.1) is 0 Å². The number of carbonyl (C=O) groups excluding carboxylic acids is 1. The Kier molecular flexibility index (Phi) is 6.02. The van der Waals surface area contributed by atoms with Gasteiger partial charge in [-0.2, -0.15) is 0 Å². The van der Waals surface area contributed by atoms with Gasteiger partial charge in [-0.05, 0) is 23.8 Å². The summed E-state index contributed by atoms with van der Waals surface area (Å²) in [5.74, 6) is -2.16. The second kappa shape index (κ2) is 8.46. The highest BCUT2D eigenvalue weighted by Crippen LogP contribution is 2.21. The molecule has 148 valence electrons. The molecule has 1 aliphatic rings. The van der Waals surface area contributed by atoms with Crippen LogP contribution in [0.5, 0.6) is 0 Å². The Morgan fingerprint density at radius 1 is 1.14 bits per heavy atom. The average molecular weight is 390 g/mol. The molecule has 1 heterocycles. The zero-order valence-corrected chi connectivity index (χ0v) is 15.7. The smallest absolute Gasteiger partial charge is 0.225 e. The molecule has 0 bridgehead atoms. The van der Waals surface area contributed by atoms with Crippen LogP contribution in [0.15, 0.2) is 47.6 Å². The largest absolute Gasteiger partial charge is 0.390 e. The minimum Gasteiger partial charge on any atom is -0.390 e. The first-order valence-electron chi connectivity index (χ1n) is 9.05. The van der Waals surface area contributed by atoms with E-state index in [4.69, 9.17) is 4.84 Å². The highest BCUT2D eigenvalue weighted by molar-refractivity contribution is 6.01. The Bertz CT molecular complexity index is 882. The van der Waals surface area contributed by atoms with Crippen LogP contribution in [0.3, 0.4) is 0 Å². The number of oxime groups is 1. The molecule has 28 heavy (non-hydrogen) atoms. The predicted molar refractivity (Wildman–Crippen MR) is 99.0 cm³/mol. The van der Waals surface area contributed by atoms with Crippen molar-refractivity contribution < 1.29 is 22.8 Å². The van der Waals surface area contributed by atoms with E-state index in [1.54, 1.807) is 26.0 Å². The maximum atomic E-state index is 14.0. The standard InChI is InChI=1S/C21H21F3N2O2/c1-13(2)21(27)26(11-15-5-8-17(23)9-19(15)24)12-18-10-20(25-28-18)14-3-6-16(22)7-4-14/h3-9,13,18H,10-12H2,1-2H3/t18-/m0/s1. The number of carbonyl (C=O) groups is 1. The molecule has 0 aliphatic carbocycles. The van der Waals surface area contributed by atoms with Crippen molar-refractivity contribution >= 4 is 11.6 Å². The Labute approximate surface area is 161 Å². The molecule has 0 saturated heterocycles. The number of hydrogen-bond donors (Lipinski definition) is 0. The summed E-state index contributed by atoms with van der Waals surface area (Å²) >= 11 is 0. The molecule has 1 aliphatic heterocycles. The van der Waals surface area contributed by atoms with Gasteiger partial charge in [0.15, 0.2) is 6.10 Å². The molecule has 4 nitrogen and oxygen atoms in total. The molecule has 1 amide bonds. The maximum absolute atomic E-state index is 14.0. The second-order valence-electron chi connectivity index (χ2n) is 7.09. The van der Waals surface area contributed by atoms with Crippen molar-refractivity contribution in [3.63, 3.8) is 0 Å². The van der Waals surface area contributed by atoms with Gasteiger partial charge in [-0.1, -0.05) is 37.2 Å². The molecule has 2 aromatic carbocycles. The molecule has 0 unspecified atom stereocenters. The van der Waals surface area contributed by atoms with Crippen molar-refractivity contribution in [1.29, 1.82) is 0 Å². The SMILES string of the molecule is CC(C)C(=O)N(Cc1ccc(F)cc1F)C[C@@H]1CC(c2ccc(F)cc2)=NO1. The molecule has 2 aromatic rings. The van der Waals surface area contributed by atoms with Gasteiger partial charge in [0.25, 0.3) is 0 Å². The van der Waals surface area contributed by atoms with Crippen molar-refractivity contribution in [2.75, 3.05) is 6.54 Å². The minimum atomic E-state index is -0.697. The summed E-state index contributed by atoms with van der Waals surface area (Å²) < 4.78 is 40.3. The number of hydrogen-bond acceptors (Lipinski definition) is 3. The molecule has 0 saturated carbocycles. The summed E-state index contributed by atoms with van der Waals surface area (Å²) in [6.45, 7) is 3.73. The second-order valence-corrected chi connectivity index (χ2v) is 7.09. The van der Waals surface area contributed by atoms with Gasteiger partial charge < -0.3 is 9.74 Å². The lowest BCUT2D eigenvalue weighted by Gasteiger charge is -2.26. The van der Waals surface area contributed by atoms with E-state index in [1.807, 2.05) is 0 Å². The van der Waals surface area contributed by atoms with Crippen molar-refractivity contribution in [3.05, 3.63) is 71.0 Å². The highest BCUT2D eigenvalue weighted by Gasteiger charge is 2.28. The van der Waals surface area contributed by atoms with Gasteiger partial charge in [-0.25, -0.2) is 13.2 Å². The molecule has 0 aromatic heterocycles. The lowest BCUT2D eigenvalue weighted by molar-refractivity contribution is -0.137. The van der Waals surface area contributed by atoms with Crippen molar-refractivity contribution in [1.82, 2.24) is 4.90 Å². The molecule has 3 rings (SSSR count). The molecule has 0 fully saturated rings. The summed E-state index contributed by atoms with van der Waals surface area (Å²) in [5, 5.41) is 4.04. The van der Waals surface area contributed by atoms with E-state index in [0.717, 1.165) is 17.7 Å². The van der Waals surface area contributed by atoms with E-state index in [-0.39, 0.29) is 36.3 Å². The summed E-state index contributed by atoms with van der Waals surface area (Å²) in [6.07, 6.45) is 0.0469. The number of amides is 1. The van der Waals surface area contributed by atoms with Crippen LogP contribution in [0, 0.1) is 23.4 Å². The molecule has 0 spiro atoms. The monoisotopic (exact) mass is 390 g/mol. The van der Waals surface area contributed by atoms with E-state index >= 15 is 0 Å². The van der Waals surface area contributed by atoms with Crippen molar-refractivity contribution in [3.8, 4) is 0 Å². The number of rotatable bonds is 6. The third-order valence-corrected chi connectivity index (χ3v) is 4.52. The van der Waals surface area contributed by atoms with Gasteiger partial charge in [-0.3, -0.25) is 4.79 Å². The first kappa shape index (κ1) is 19.9. The summed E-state index contributed by atoms with van der Waals surface area (Å²) in [5.41, 5.74) is 1.64. The Balaban J connectivity index is 1.70. The molecular weight excluding hydrogens is 369 g/mol. The fraction of sp³-hybridized carbons (Fsp3) is 0.333. The van der Waals surface area contributed by atoms with Gasteiger partial charge in [0, 0.05) is 30.5 Å². The number of halogens is 3. The normalized spacial score (nSPS) is 16.1. The molecular formula is C21H21F3N2O2. The Hall–Kier alpha value is -2.83. The van der Waals surface area contributed by atoms with E-state index in [1.165, 1.54) is 23.1 Å². The summed E-state index contributed by atoms with van der Waals surface area (Å²) in [4.78, 5) is 19.5. The van der Waals surface area contributed by atoms with Gasteiger partial charge in [0.05, 0.1) is 12.3 Å². The molecule has 0 radical (unpaired) electrons. The average Bonchev–Trinajstić information content (AvgIpc) is 3.11. The quantitative estimate of drug-likeness (QED) is 0.739. The summed E-state index contributed by atoms with van der Waals surface area (Å²) in [7, 11) is 0. The zero-order chi connectivity index (χ0) is 20.3. The first-order valence-corrected chi connectivity index (χ1v) is 9.05. The number of benzene rings is 2. The Morgan fingerprint density at radius 3 is 2.46 bits per heavy atom. The minimum absolute atomic E-state index is 0.00880. The predicted octanol–water partition coefficient (Wildman–Crippen LogP) is 4.28. The van der Waals surface area contributed by atoms with Gasteiger partial charge >= 0.3 is 0 Å². The zero-order valence-electron chi connectivity index (χ0n) is 15.7. The van der Waals surface area contributed by atoms with Crippen molar-refractivity contribution in [2.45, 2.75) is 32.9 Å². The molecule has 1 atom stereocenters.